The summed E-state index contributed by atoms with van der Waals surface area (Å²) in [5, 5.41) is 5.78. The molecule has 5 nitrogen and oxygen atoms in total. The predicted octanol–water partition coefficient (Wildman–Crippen LogP) is 6.08. The van der Waals surface area contributed by atoms with E-state index in [9.17, 15) is 4.79 Å². The molecule has 0 unspecified atom stereocenters. The minimum atomic E-state index is -0.127. The minimum Gasteiger partial charge on any atom is -0.339 e. The summed E-state index contributed by atoms with van der Waals surface area (Å²) in [5.74, 6) is 1.00. The van der Waals surface area contributed by atoms with Crippen LogP contribution in [0.25, 0.3) is 0 Å². The van der Waals surface area contributed by atoms with E-state index in [0.717, 1.165) is 24.1 Å². The van der Waals surface area contributed by atoms with E-state index in [-0.39, 0.29) is 5.91 Å². The van der Waals surface area contributed by atoms with Crippen LogP contribution in [0.3, 0.4) is 0 Å². The standard InChI is InChI=1S/C26H26N4OS/c31-25(24-7-4-16-30(24)17-19-12-14-27-15-13-19)29-26-28-23(18-32-26)22-10-8-21(9-11-22)20-5-2-1-3-6-20/h1-7,12-16,18,21-22H,8-11,17H2,(H,28,29,31). The number of thiazole rings is 1. The maximum atomic E-state index is 12.9. The lowest BCUT2D eigenvalue weighted by atomic mass is 9.78. The monoisotopic (exact) mass is 442 g/mol. The van der Waals surface area contributed by atoms with Crippen LogP contribution in [0.4, 0.5) is 5.13 Å². The molecule has 1 N–H and O–H groups in total. The summed E-state index contributed by atoms with van der Waals surface area (Å²) in [6.07, 6.45) is 10.1. The molecule has 0 aliphatic heterocycles. The van der Waals surface area contributed by atoms with Gasteiger partial charge in [0.25, 0.3) is 5.91 Å². The van der Waals surface area contributed by atoms with Gasteiger partial charge in [0.2, 0.25) is 0 Å². The summed E-state index contributed by atoms with van der Waals surface area (Å²) in [7, 11) is 0. The number of benzene rings is 1. The van der Waals surface area contributed by atoms with Crippen molar-refractivity contribution in [2.24, 2.45) is 0 Å². The average Bonchev–Trinajstić information content (AvgIpc) is 3.50. The molecule has 0 bridgehead atoms. The number of hydrogen-bond acceptors (Lipinski definition) is 4. The number of amides is 1. The molecule has 1 amide bonds. The molecule has 6 heteroatoms. The molecule has 0 spiro atoms. The van der Waals surface area contributed by atoms with E-state index in [1.165, 1.54) is 29.7 Å². The highest BCUT2D eigenvalue weighted by Crippen LogP contribution is 2.40. The maximum absolute atomic E-state index is 12.9. The third-order valence-corrected chi connectivity index (χ3v) is 7.10. The second-order valence-corrected chi connectivity index (χ2v) is 9.23. The summed E-state index contributed by atoms with van der Waals surface area (Å²) < 4.78 is 1.95. The Labute approximate surface area is 192 Å². The Morgan fingerprint density at radius 1 is 0.969 bits per heavy atom. The van der Waals surface area contributed by atoms with Crippen LogP contribution in [-0.4, -0.2) is 20.4 Å². The van der Waals surface area contributed by atoms with Gasteiger partial charge in [-0.3, -0.25) is 15.1 Å². The van der Waals surface area contributed by atoms with Crippen molar-refractivity contribution < 1.29 is 4.79 Å². The molecule has 0 saturated heterocycles. The van der Waals surface area contributed by atoms with Gasteiger partial charge >= 0.3 is 0 Å². The number of hydrogen-bond donors (Lipinski definition) is 1. The van der Waals surface area contributed by atoms with Crippen molar-refractivity contribution in [1.82, 2.24) is 14.5 Å². The Morgan fingerprint density at radius 3 is 2.50 bits per heavy atom. The van der Waals surface area contributed by atoms with Crippen molar-refractivity contribution in [2.45, 2.75) is 44.1 Å². The topological polar surface area (TPSA) is 59.8 Å². The van der Waals surface area contributed by atoms with E-state index in [2.05, 4.69) is 46.0 Å². The highest BCUT2D eigenvalue weighted by Gasteiger charge is 2.25. The second-order valence-electron chi connectivity index (χ2n) is 8.37. The summed E-state index contributed by atoms with van der Waals surface area (Å²) in [5.41, 5.74) is 4.30. The third kappa shape index (κ3) is 4.65. The number of carbonyl (C=O) groups excluding carboxylic acids is 1. The van der Waals surface area contributed by atoms with Crippen LogP contribution in [0.2, 0.25) is 0 Å². The molecule has 1 aliphatic carbocycles. The summed E-state index contributed by atoms with van der Waals surface area (Å²) in [6, 6.07) is 18.5. The Balaban J connectivity index is 1.20. The first-order chi connectivity index (χ1) is 15.8. The first kappa shape index (κ1) is 20.6. The van der Waals surface area contributed by atoms with Gasteiger partial charge < -0.3 is 4.57 Å². The fourth-order valence-electron chi connectivity index (χ4n) is 4.58. The molecule has 0 radical (unpaired) electrons. The lowest BCUT2D eigenvalue weighted by Gasteiger charge is -2.27. The van der Waals surface area contributed by atoms with Gasteiger partial charge in [-0.15, -0.1) is 11.3 Å². The molecular weight excluding hydrogens is 416 g/mol. The van der Waals surface area contributed by atoms with E-state index >= 15 is 0 Å². The molecule has 4 aromatic rings. The summed E-state index contributed by atoms with van der Waals surface area (Å²) in [6.45, 7) is 0.631. The fourth-order valence-corrected chi connectivity index (χ4v) is 5.37. The molecule has 3 aromatic heterocycles. The Bertz CT molecular complexity index is 1160. The lowest BCUT2D eigenvalue weighted by Crippen LogP contribution is -2.17. The van der Waals surface area contributed by atoms with E-state index < -0.39 is 0 Å². The van der Waals surface area contributed by atoms with Crippen LogP contribution in [0, 0.1) is 0 Å². The molecule has 1 aliphatic rings. The van der Waals surface area contributed by atoms with E-state index in [1.807, 2.05) is 35.0 Å². The molecule has 3 heterocycles. The van der Waals surface area contributed by atoms with Gasteiger partial charge in [-0.2, -0.15) is 0 Å². The third-order valence-electron chi connectivity index (χ3n) is 6.32. The van der Waals surface area contributed by atoms with Crippen LogP contribution >= 0.6 is 11.3 Å². The number of nitrogens with one attached hydrogen (secondary N) is 1. The molecule has 1 saturated carbocycles. The van der Waals surface area contributed by atoms with Crippen molar-refractivity contribution in [1.29, 1.82) is 0 Å². The summed E-state index contributed by atoms with van der Waals surface area (Å²) >= 11 is 1.52. The van der Waals surface area contributed by atoms with Gasteiger partial charge in [0.05, 0.1) is 5.69 Å². The lowest BCUT2D eigenvalue weighted by molar-refractivity contribution is 0.101. The highest BCUT2D eigenvalue weighted by atomic mass is 32.1. The number of anilines is 1. The molecular formula is C26H26N4OS. The van der Waals surface area contributed by atoms with Gasteiger partial charge in [-0.05, 0) is 67.0 Å². The van der Waals surface area contributed by atoms with Crippen LogP contribution in [0.1, 0.15) is 64.8 Å². The van der Waals surface area contributed by atoms with Crippen LogP contribution in [0.5, 0.6) is 0 Å². The molecule has 32 heavy (non-hydrogen) atoms. The molecule has 1 fully saturated rings. The van der Waals surface area contributed by atoms with Gasteiger partial charge in [-0.1, -0.05) is 30.3 Å². The van der Waals surface area contributed by atoms with Gasteiger partial charge in [-0.25, -0.2) is 4.98 Å². The SMILES string of the molecule is O=C(Nc1nc(C2CCC(c3ccccc3)CC2)cs1)c1cccn1Cc1ccncc1. The van der Waals surface area contributed by atoms with E-state index in [1.54, 1.807) is 12.4 Å². The maximum Gasteiger partial charge on any atom is 0.274 e. The van der Waals surface area contributed by atoms with E-state index in [0.29, 0.717) is 29.2 Å². The van der Waals surface area contributed by atoms with Gasteiger partial charge in [0.15, 0.2) is 5.13 Å². The van der Waals surface area contributed by atoms with Crippen LogP contribution in [0.15, 0.2) is 78.6 Å². The fraction of sp³-hybridized carbons (Fsp3) is 0.269. The Hall–Kier alpha value is -3.25. The van der Waals surface area contributed by atoms with Crippen molar-refractivity contribution in [3.8, 4) is 0 Å². The molecule has 162 valence electrons. The second kappa shape index (κ2) is 9.49. The van der Waals surface area contributed by atoms with Crippen molar-refractivity contribution in [3.05, 3.63) is 101 Å². The molecule has 0 atom stereocenters. The first-order valence-electron chi connectivity index (χ1n) is 11.1. The smallest absolute Gasteiger partial charge is 0.274 e. The summed E-state index contributed by atoms with van der Waals surface area (Å²) in [4.78, 5) is 21.7. The average molecular weight is 443 g/mol. The first-order valence-corrected chi connectivity index (χ1v) is 12.0. The van der Waals surface area contributed by atoms with Gasteiger partial charge in [0.1, 0.15) is 5.69 Å². The van der Waals surface area contributed by atoms with Crippen molar-refractivity contribution in [2.75, 3.05) is 5.32 Å². The number of carbonyl (C=O) groups is 1. The van der Waals surface area contributed by atoms with Crippen LogP contribution < -0.4 is 5.32 Å². The number of pyridine rings is 1. The van der Waals surface area contributed by atoms with Gasteiger partial charge in [0, 0.05) is 36.4 Å². The number of rotatable bonds is 6. The zero-order chi connectivity index (χ0) is 21.8. The normalized spacial score (nSPS) is 18.4. The zero-order valence-electron chi connectivity index (χ0n) is 17.9. The highest BCUT2D eigenvalue weighted by molar-refractivity contribution is 7.14. The Morgan fingerprint density at radius 2 is 1.72 bits per heavy atom. The Kier molecular flexibility index (Phi) is 6.12. The zero-order valence-corrected chi connectivity index (χ0v) is 18.7. The quantitative estimate of drug-likeness (QED) is 0.394. The number of nitrogens with zero attached hydrogens (tertiary/aromatic N) is 3. The predicted molar refractivity (Wildman–Crippen MR) is 128 cm³/mol. The molecule has 5 rings (SSSR count). The minimum absolute atomic E-state index is 0.127. The van der Waals surface area contributed by atoms with E-state index in [4.69, 9.17) is 4.98 Å². The van der Waals surface area contributed by atoms with Crippen molar-refractivity contribution >= 4 is 22.4 Å². The largest absolute Gasteiger partial charge is 0.339 e. The van der Waals surface area contributed by atoms with Crippen molar-refractivity contribution in [3.63, 3.8) is 0 Å². The molecule has 1 aromatic carbocycles. The van der Waals surface area contributed by atoms with Crippen LogP contribution in [-0.2, 0) is 6.54 Å². The number of aromatic nitrogens is 3.